The van der Waals surface area contributed by atoms with Crippen LogP contribution >= 0.6 is 22.7 Å². The lowest BCUT2D eigenvalue weighted by molar-refractivity contribution is 0.0962. The number of H-pyrrole nitrogens is 1. The van der Waals surface area contributed by atoms with E-state index in [9.17, 15) is 4.79 Å². The molecule has 0 unspecified atom stereocenters. The Morgan fingerprint density at radius 2 is 1.88 bits per heavy atom. The molecular formula is C19H16N2OS2. The quantitative estimate of drug-likeness (QED) is 0.693. The molecule has 0 aromatic carbocycles. The van der Waals surface area contributed by atoms with Gasteiger partial charge in [0.25, 0.3) is 0 Å². The number of fused-ring (bicyclic) bond motifs is 1. The molecule has 120 valence electrons. The summed E-state index contributed by atoms with van der Waals surface area (Å²) in [5, 5.41) is 16.2. The summed E-state index contributed by atoms with van der Waals surface area (Å²) < 4.78 is 0. The first kappa shape index (κ1) is 14.4. The summed E-state index contributed by atoms with van der Waals surface area (Å²) in [6, 6.07) is 4.40. The molecule has 24 heavy (non-hydrogen) atoms. The van der Waals surface area contributed by atoms with Gasteiger partial charge in [0.1, 0.15) is 5.69 Å². The summed E-state index contributed by atoms with van der Waals surface area (Å²) in [6.45, 7) is 0. The van der Waals surface area contributed by atoms with E-state index in [4.69, 9.17) is 0 Å². The molecule has 2 aliphatic rings. The van der Waals surface area contributed by atoms with E-state index in [-0.39, 0.29) is 17.1 Å². The minimum Gasteiger partial charge on any atom is -0.292 e. The molecule has 3 aromatic heterocycles. The van der Waals surface area contributed by atoms with Crippen molar-refractivity contribution in [1.29, 1.82) is 0 Å². The van der Waals surface area contributed by atoms with Crippen molar-refractivity contribution < 1.29 is 4.79 Å². The Balaban J connectivity index is 1.62. The van der Waals surface area contributed by atoms with Gasteiger partial charge in [-0.1, -0.05) is 12.2 Å². The summed E-state index contributed by atoms with van der Waals surface area (Å²) in [6.07, 6.45) is 7.21. The van der Waals surface area contributed by atoms with E-state index in [0.717, 1.165) is 30.5 Å². The number of hydrogen-bond acceptors (Lipinski definition) is 4. The summed E-state index contributed by atoms with van der Waals surface area (Å²) in [5.74, 6) is 0.405. The predicted octanol–water partition coefficient (Wildman–Crippen LogP) is 4.68. The van der Waals surface area contributed by atoms with Gasteiger partial charge in [0.05, 0.1) is 0 Å². The number of Topliss-reactive ketones (excluding diaryl/α,β-unsaturated/α-hetero) is 1. The van der Waals surface area contributed by atoms with Crippen LogP contribution in [0.25, 0.3) is 6.08 Å². The zero-order valence-electron chi connectivity index (χ0n) is 13.0. The lowest BCUT2D eigenvalue weighted by Crippen LogP contribution is -2.29. The topological polar surface area (TPSA) is 45.8 Å². The van der Waals surface area contributed by atoms with Crippen LogP contribution in [0.5, 0.6) is 0 Å². The lowest BCUT2D eigenvalue weighted by Gasteiger charge is -2.32. The Kier molecular flexibility index (Phi) is 3.15. The Labute approximate surface area is 148 Å². The highest BCUT2D eigenvalue weighted by molar-refractivity contribution is 7.08. The van der Waals surface area contributed by atoms with Crippen LogP contribution in [0, 0.1) is 5.92 Å². The Morgan fingerprint density at radius 3 is 2.46 bits per heavy atom. The van der Waals surface area contributed by atoms with E-state index < -0.39 is 0 Å². The monoisotopic (exact) mass is 352 g/mol. The predicted molar refractivity (Wildman–Crippen MR) is 97.8 cm³/mol. The van der Waals surface area contributed by atoms with Gasteiger partial charge < -0.3 is 0 Å². The largest absolute Gasteiger partial charge is 0.292 e. The molecule has 0 amide bonds. The first-order valence-corrected chi connectivity index (χ1v) is 10.0. The molecule has 5 rings (SSSR count). The molecule has 0 radical (unpaired) electrons. The molecule has 0 bridgehead atoms. The van der Waals surface area contributed by atoms with E-state index in [2.05, 4.69) is 56.0 Å². The second-order valence-corrected chi connectivity index (χ2v) is 8.17. The van der Waals surface area contributed by atoms with Crippen LogP contribution in [0.4, 0.5) is 0 Å². The van der Waals surface area contributed by atoms with Crippen molar-refractivity contribution in [2.45, 2.75) is 24.7 Å². The van der Waals surface area contributed by atoms with Crippen LogP contribution in [-0.2, 0) is 11.8 Å². The Morgan fingerprint density at radius 1 is 1.17 bits per heavy atom. The van der Waals surface area contributed by atoms with Gasteiger partial charge in [-0.3, -0.25) is 9.89 Å². The minimum atomic E-state index is -0.167. The van der Waals surface area contributed by atoms with Crippen LogP contribution < -0.4 is 0 Å². The number of rotatable bonds is 4. The standard InChI is InChI=1S/C19H16N2OS2/c22-18(12-1-2-12)17-15-3-6-19(9-16(15)20-21-17,13-4-7-23-10-13)14-5-8-24-11-14/h3-8,10-12H,1-2,9H2,(H,20,21). The van der Waals surface area contributed by atoms with Crippen LogP contribution in [-0.4, -0.2) is 16.0 Å². The van der Waals surface area contributed by atoms with E-state index >= 15 is 0 Å². The molecule has 2 aliphatic carbocycles. The van der Waals surface area contributed by atoms with Gasteiger partial charge in [0.15, 0.2) is 5.78 Å². The fourth-order valence-electron chi connectivity index (χ4n) is 3.59. The summed E-state index contributed by atoms with van der Waals surface area (Å²) in [4.78, 5) is 12.4. The number of nitrogens with zero attached hydrogens (tertiary/aromatic N) is 1. The minimum absolute atomic E-state index is 0.167. The molecule has 3 aromatic rings. The van der Waals surface area contributed by atoms with E-state index in [0.29, 0.717) is 5.69 Å². The highest BCUT2D eigenvalue weighted by atomic mass is 32.1. The molecule has 5 heteroatoms. The fraction of sp³-hybridized carbons (Fsp3) is 0.263. The number of aromatic amines is 1. The van der Waals surface area contributed by atoms with Crippen LogP contribution in [0.1, 0.15) is 45.7 Å². The molecule has 3 nitrogen and oxygen atoms in total. The van der Waals surface area contributed by atoms with Gasteiger partial charge in [-0.25, -0.2) is 0 Å². The van der Waals surface area contributed by atoms with Gasteiger partial charge >= 0.3 is 0 Å². The Bertz CT molecular complexity index is 881. The van der Waals surface area contributed by atoms with E-state index in [1.807, 2.05) is 0 Å². The fourth-order valence-corrected chi connectivity index (χ4v) is 5.07. The van der Waals surface area contributed by atoms with Crippen molar-refractivity contribution >= 4 is 34.5 Å². The number of thiophene rings is 2. The van der Waals surface area contributed by atoms with Crippen LogP contribution in [0.15, 0.2) is 39.7 Å². The van der Waals surface area contributed by atoms with Crippen LogP contribution in [0.3, 0.4) is 0 Å². The first-order valence-electron chi connectivity index (χ1n) is 8.14. The van der Waals surface area contributed by atoms with Crippen molar-refractivity contribution in [3.05, 3.63) is 67.8 Å². The zero-order valence-corrected chi connectivity index (χ0v) is 14.6. The maximum atomic E-state index is 12.4. The van der Waals surface area contributed by atoms with Crippen molar-refractivity contribution in [3.8, 4) is 0 Å². The average molecular weight is 352 g/mol. The molecule has 3 heterocycles. The zero-order chi connectivity index (χ0) is 16.1. The summed E-state index contributed by atoms with van der Waals surface area (Å²) >= 11 is 3.44. The van der Waals surface area contributed by atoms with Crippen molar-refractivity contribution in [3.63, 3.8) is 0 Å². The molecule has 0 aliphatic heterocycles. The second-order valence-electron chi connectivity index (χ2n) is 6.61. The van der Waals surface area contributed by atoms with Gasteiger partial charge in [-0.2, -0.15) is 27.8 Å². The number of carbonyl (C=O) groups excluding carboxylic acids is 1. The molecule has 1 N–H and O–H groups in total. The molecule has 1 saturated carbocycles. The van der Waals surface area contributed by atoms with Crippen molar-refractivity contribution in [2.24, 2.45) is 5.92 Å². The number of nitrogens with one attached hydrogen (secondary N) is 1. The number of hydrogen-bond donors (Lipinski definition) is 1. The smallest absolute Gasteiger partial charge is 0.186 e. The summed E-state index contributed by atoms with van der Waals surface area (Å²) in [5.41, 5.74) is 5.13. The van der Waals surface area contributed by atoms with E-state index in [1.54, 1.807) is 22.7 Å². The van der Waals surface area contributed by atoms with Crippen LogP contribution in [0.2, 0.25) is 0 Å². The lowest BCUT2D eigenvalue weighted by atomic mass is 9.70. The number of allylic oxidation sites excluding steroid dienone is 1. The summed E-state index contributed by atoms with van der Waals surface area (Å²) in [7, 11) is 0. The maximum absolute atomic E-state index is 12.4. The second kappa shape index (κ2) is 5.26. The number of carbonyl (C=O) groups is 1. The first-order chi connectivity index (χ1) is 11.8. The molecule has 0 saturated heterocycles. The third-order valence-electron chi connectivity index (χ3n) is 5.13. The number of ketones is 1. The highest BCUT2D eigenvalue weighted by Crippen LogP contribution is 2.44. The SMILES string of the molecule is O=C(c1n[nH]c2c1C=CC(c1ccsc1)(c1ccsc1)C2)C1CC1. The molecule has 0 spiro atoms. The third kappa shape index (κ3) is 2.08. The normalized spacial score (nSPS) is 18.5. The molecule has 0 atom stereocenters. The van der Waals surface area contributed by atoms with Gasteiger partial charge in [0.2, 0.25) is 0 Å². The van der Waals surface area contributed by atoms with Crippen molar-refractivity contribution in [1.82, 2.24) is 10.2 Å². The Hall–Kier alpha value is -1.98. The molecule has 1 fully saturated rings. The average Bonchev–Trinajstić information content (AvgIpc) is 3.05. The third-order valence-corrected chi connectivity index (χ3v) is 6.49. The van der Waals surface area contributed by atoms with Gasteiger partial charge in [-0.15, -0.1) is 0 Å². The molecular weight excluding hydrogens is 336 g/mol. The maximum Gasteiger partial charge on any atom is 0.186 e. The number of aromatic nitrogens is 2. The van der Waals surface area contributed by atoms with Gasteiger partial charge in [0, 0.05) is 29.0 Å². The van der Waals surface area contributed by atoms with Crippen molar-refractivity contribution in [2.75, 3.05) is 0 Å². The highest BCUT2D eigenvalue weighted by Gasteiger charge is 2.39. The van der Waals surface area contributed by atoms with Gasteiger partial charge in [-0.05, 0) is 57.6 Å². The van der Waals surface area contributed by atoms with E-state index in [1.165, 1.54) is 11.1 Å².